The smallest absolute Gasteiger partial charge is 0.406 e. The number of nitrogens with one attached hydrogen (secondary N) is 1. The minimum absolute atomic E-state index is 0.0215. The maximum absolute atomic E-state index is 13.0. The molecule has 1 fully saturated rings. The fourth-order valence-corrected chi connectivity index (χ4v) is 3.69. The molecule has 4 unspecified atom stereocenters. The summed E-state index contributed by atoms with van der Waals surface area (Å²) in [5, 5.41) is 2.30. The number of fused-ring (bicyclic) bond motifs is 1. The third-order valence-electron chi connectivity index (χ3n) is 5.35. The minimum atomic E-state index is -1.04. The minimum Gasteiger partial charge on any atom is -0.448 e. The van der Waals surface area contributed by atoms with Crippen molar-refractivity contribution in [2.75, 3.05) is 34.3 Å². The molecule has 4 atom stereocenters. The molecule has 0 aromatic heterocycles. The fourth-order valence-electron chi connectivity index (χ4n) is 3.69. The Balaban J connectivity index is 2.09. The first-order chi connectivity index (χ1) is 12.2. The Hall–Kier alpha value is -2.68. The predicted molar refractivity (Wildman–Crippen MR) is 90.8 cm³/mol. The Morgan fingerprint density at radius 2 is 1.92 bits per heavy atom. The van der Waals surface area contributed by atoms with Crippen LogP contribution in [0.5, 0.6) is 0 Å². The zero-order valence-corrected chi connectivity index (χ0v) is 15.2. The lowest BCUT2D eigenvalue weighted by molar-refractivity contribution is -0.125. The number of nitrogens with two attached hydrogens (primary N) is 1. The monoisotopic (exact) mass is 362 g/mol. The van der Waals surface area contributed by atoms with Crippen LogP contribution in [0.1, 0.15) is 6.92 Å². The Kier molecular flexibility index (Phi) is 4.35. The van der Waals surface area contributed by atoms with Gasteiger partial charge in [-0.2, -0.15) is 0 Å². The van der Waals surface area contributed by atoms with E-state index in [4.69, 9.17) is 10.5 Å². The first kappa shape index (κ1) is 18.1. The molecule has 9 heteroatoms. The van der Waals surface area contributed by atoms with E-state index >= 15 is 0 Å². The SMILES string of the molecule is CNC(=O)OCC1C(=O)C2C(CN(C)C3=C1C(=O)C(N)=C(C)C3=O)N2C. The fraction of sp³-hybridized carbons (Fsp3) is 0.529. The Morgan fingerprint density at radius 1 is 1.27 bits per heavy atom. The van der Waals surface area contributed by atoms with Crippen molar-refractivity contribution in [3.05, 3.63) is 22.5 Å². The molecule has 0 aromatic carbocycles. The number of Topliss-reactive ketones (excluding diaryl/α,β-unsaturated/α-hetero) is 3. The molecular weight excluding hydrogens is 340 g/mol. The first-order valence-corrected chi connectivity index (χ1v) is 8.31. The van der Waals surface area contributed by atoms with Crippen LogP contribution in [0.4, 0.5) is 4.79 Å². The number of allylic oxidation sites excluding steroid dienone is 2. The molecule has 3 rings (SSSR count). The molecule has 9 nitrogen and oxygen atoms in total. The molecule has 0 bridgehead atoms. The van der Waals surface area contributed by atoms with Gasteiger partial charge in [0.25, 0.3) is 0 Å². The maximum atomic E-state index is 13.0. The van der Waals surface area contributed by atoms with Gasteiger partial charge in [-0.15, -0.1) is 0 Å². The molecule has 2 aliphatic heterocycles. The predicted octanol–water partition coefficient (Wildman–Crippen LogP) is -1.21. The number of carbonyl (C=O) groups is 4. The van der Waals surface area contributed by atoms with Crippen LogP contribution in [-0.2, 0) is 19.1 Å². The van der Waals surface area contributed by atoms with E-state index in [9.17, 15) is 19.2 Å². The molecule has 0 saturated carbocycles. The van der Waals surface area contributed by atoms with Gasteiger partial charge in [-0.05, 0) is 14.0 Å². The van der Waals surface area contributed by atoms with Crippen molar-refractivity contribution in [2.24, 2.45) is 11.7 Å². The second-order valence-electron chi connectivity index (χ2n) is 6.82. The second kappa shape index (κ2) is 6.24. The number of hydrogen-bond donors (Lipinski definition) is 2. The van der Waals surface area contributed by atoms with Gasteiger partial charge < -0.3 is 20.7 Å². The number of carbonyl (C=O) groups excluding carboxylic acids is 4. The highest BCUT2D eigenvalue weighted by Gasteiger charge is 2.56. The summed E-state index contributed by atoms with van der Waals surface area (Å²) in [7, 11) is 4.92. The molecule has 0 aromatic rings. The molecule has 0 radical (unpaired) electrons. The Morgan fingerprint density at radius 3 is 2.54 bits per heavy atom. The largest absolute Gasteiger partial charge is 0.448 e. The molecule has 26 heavy (non-hydrogen) atoms. The van der Waals surface area contributed by atoms with E-state index in [1.807, 2.05) is 11.9 Å². The number of likely N-dealkylation sites (N-methyl/N-ethyl adjacent to an activating group) is 2. The lowest BCUT2D eigenvalue weighted by Gasteiger charge is -2.32. The van der Waals surface area contributed by atoms with Crippen molar-refractivity contribution in [3.8, 4) is 0 Å². The summed E-state index contributed by atoms with van der Waals surface area (Å²) in [6.45, 7) is 1.62. The zero-order chi connectivity index (χ0) is 19.3. The van der Waals surface area contributed by atoms with Gasteiger partial charge >= 0.3 is 6.09 Å². The highest BCUT2D eigenvalue weighted by Crippen LogP contribution is 2.39. The summed E-state index contributed by atoms with van der Waals surface area (Å²) >= 11 is 0. The van der Waals surface area contributed by atoms with Crippen LogP contribution in [0.2, 0.25) is 0 Å². The molecule has 3 aliphatic rings. The normalized spacial score (nSPS) is 31.2. The molecule has 0 spiro atoms. The third-order valence-corrected chi connectivity index (χ3v) is 5.35. The Bertz CT molecular complexity index is 784. The van der Waals surface area contributed by atoms with Crippen molar-refractivity contribution in [1.29, 1.82) is 0 Å². The summed E-state index contributed by atoms with van der Waals surface area (Å²) in [6.07, 6.45) is -0.717. The molecule has 1 saturated heterocycles. The zero-order valence-electron chi connectivity index (χ0n) is 15.2. The van der Waals surface area contributed by atoms with E-state index in [1.165, 1.54) is 14.0 Å². The van der Waals surface area contributed by atoms with E-state index in [1.54, 1.807) is 11.9 Å². The van der Waals surface area contributed by atoms with Crippen molar-refractivity contribution in [3.63, 3.8) is 0 Å². The van der Waals surface area contributed by atoms with Gasteiger partial charge in [0.1, 0.15) is 6.61 Å². The first-order valence-electron chi connectivity index (χ1n) is 8.31. The summed E-state index contributed by atoms with van der Waals surface area (Å²) in [4.78, 5) is 53.8. The molecule has 3 N–H and O–H groups in total. The van der Waals surface area contributed by atoms with E-state index in [2.05, 4.69) is 5.32 Å². The lowest BCUT2D eigenvalue weighted by atomic mass is 9.80. The van der Waals surface area contributed by atoms with E-state index < -0.39 is 17.8 Å². The van der Waals surface area contributed by atoms with Gasteiger partial charge in [-0.3, -0.25) is 19.3 Å². The average Bonchev–Trinajstić information content (AvgIpc) is 3.24. The lowest BCUT2D eigenvalue weighted by Crippen LogP contribution is -2.44. The molecular formula is C17H22N4O5. The van der Waals surface area contributed by atoms with Gasteiger partial charge in [0.05, 0.1) is 29.4 Å². The van der Waals surface area contributed by atoms with Crippen LogP contribution in [-0.4, -0.2) is 79.6 Å². The molecule has 1 amide bonds. The van der Waals surface area contributed by atoms with Crippen LogP contribution in [0.3, 0.4) is 0 Å². The summed E-state index contributed by atoms with van der Waals surface area (Å²) in [6, 6.07) is -0.420. The van der Waals surface area contributed by atoms with Crippen LogP contribution in [0.25, 0.3) is 0 Å². The third kappa shape index (κ3) is 2.59. The van der Waals surface area contributed by atoms with E-state index in [0.29, 0.717) is 6.54 Å². The van der Waals surface area contributed by atoms with Gasteiger partial charge in [0, 0.05) is 31.8 Å². The van der Waals surface area contributed by atoms with Crippen molar-refractivity contribution < 1.29 is 23.9 Å². The van der Waals surface area contributed by atoms with Crippen molar-refractivity contribution in [1.82, 2.24) is 15.1 Å². The van der Waals surface area contributed by atoms with Gasteiger partial charge in [-0.1, -0.05) is 0 Å². The standard InChI is InChI=1S/C17H22N4O5/c1-7-11(18)16(24)10-8(6-26-17(25)19-2)15(23)12-9(21(12)4)5-20(3)13(10)14(7)22/h8-9,12H,5-6,18H2,1-4H3,(H,19,25). The van der Waals surface area contributed by atoms with Crippen LogP contribution >= 0.6 is 0 Å². The Labute approximate surface area is 150 Å². The number of amides is 1. The van der Waals surface area contributed by atoms with E-state index in [-0.39, 0.29) is 52.8 Å². The maximum Gasteiger partial charge on any atom is 0.406 e. The van der Waals surface area contributed by atoms with Gasteiger partial charge in [0.15, 0.2) is 5.78 Å². The highest BCUT2D eigenvalue weighted by atomic mass is 16.5. The van der Waals surface area contributed by atoms with Crippen LogP contribution in [0.15, 0.2) is 22.5 Å². The molecule has 140 valence electrons. The highest BCUT2D eigenvalue weighted by molar-refractivity contribution is 6.26. The van der Waals surface area contributed by atoms with Crippen molar-refractivity contribution in [2.45, 2.75) is 19.0 Å². The number of ketones is 3. The summed E-state index contributed by atoms with van der Waals surface area (Å²) in [5.74, 6) is -2.20. The van der Waals surface area contributed by atoms with Crippen LogP contribution < -0.4 is 11.1 Å². The number of rotatable bonds is 2. The average molecular weight is 362 g/mol. The number of hydrogen-bond acceptors (Lipinski definition) is 8. The summed E-state index contributed by atoms with van der Waals surface area (Å²) in [5.41, 5.74) is 6.02. The van der Waals surface area contributed by atoms with Crippen LogP contribution in [0, 0.1) is 5.92 Å². The van der Waals surface area contributed by atoms with Gasteiger partial charge in [0.2, 0.25) is 11.6 Å². The van der Waals surface area contributed by atoms with Gasteiger partial charge in [-0.25, -0.2) is 4.79 Å². The summed E-state index contributed by atoms with van der Waals surface area (Å²) < 4.78 is 5.07. The number of ether oxygens (including phenoxy) is 1. The quantitative estimate of drug-likeness (QED) is 0.464. The second-order valence-corrected chi connectivity index (χ2v) is 6.82. The number of nitrogens with zero attached hydrogens (tertiary/aromatic N) is 2. The molecule has 1 aliphatic carbocycles. The molecule has 2 heterocycles. The number of alkyl carbamates (subject to hydrolysis) is 1. The van der Waals surface area contributed by atoms with E-state index in [0.717, 1.165) is 0 Å². The van der Waals surface area contributed by atoms with Crippen molar-refractivity contribution >= 4 is 23.4 Å². The topological polar surface area (TPSA) is 122 Å².